The van der Waals surface area contributed by atoms with Gasteiger partial charge < -0.3 is 25.3 Å². The van der Waals surface area contributed by atoms with Gasteiger partial charge in [-0.1, -0.05) is 54.6 Å². The maximum Gasteiger partial charge on any atom is 0.343 e. The Kier molecular flexibility index (Phi) is 9.93. The second-order valence-electron chi connectivity index (χ2n) is 13.0. The average molecular weight is 711 g/mol. The number of nitrogens with two attached hydrogens (primary N) is 1. The van der Waals surface area contributed by atoms with Gasteiger partial charge in [0, 0.05) is 55.4 Å². The standard InChI is InChI=1S/C33H32N8O3.C7H6O2/c1-20(41-32-28(31(34)36-19-37-32)29(38-41)23-15-24(42)17-35-16-23)30-27(25-8-3-4-9-26(25)33(43)44-30)22-7-5-6-21(14-22)18-40-12-10-39(2)11-13-40;8-7(9)6-4-2-1-3-5-6/h3-9,14-17,19-20,42H,10-13,18H2,1-2H3,(H2,34,36,37);1-5H,(H,8,9). The number of piperazine rings is 1. The SMILES string of the molecule is CC(c1oc(=O)c2ccccc2c1-c1cccc(CN2CCN(C)CC2)c1)n1nc(-c2cncc(O)c2)c2c(N)ncnc21.O=C(O)c1ccccc1. The van der Waals surface area contributed by atoms with Gasteiger partial charge in [0.15, 0.2) is 5.65 Å². The summed E-state index contributed by atoms with van der Waals surface area (Å²) in [6.45, 7) is 6.87. The van der Waals surface area contributed by atoms with E-state index in [1.54, 1.807) is 53.3 Å². The van der Waals surface area contributed by atoms with E-state index in [4.69, 9.17) is 20.4 Å². The fourth-order valence-electron chi connectivity index (χ4n) is 6.62. The lowest BCUT2D eigenvalue weighted by Crippen LogP contribution is -2.43. The number of nitrogens with zero attached hydrogens (tertiary/aromatic N) is 7. The predicted octanol–water partition coefficient (Wildman–Crippen LogP) is 5.69. The zero-order valence-electron chi connectivity index (χ0n) is 29.3. The van der Waals surface area contributed by atoms with E-state index in [2.05, 4.69) is 56.1 Å². The normalized spacial score (nSPS) is 14.2. The molecular weight excluding hydrogens is 672 g/mol. The Hall–Kier alpha value is -6.44. The summed E-state index contributed by atoms with van der Waals surface area (Å²) in [5.74, 6) is -0.195. The molecule has 1 fully saturated rings. The van der Waals surface area contributed by atoms with E-state index in [0.717, 1.165) is 49.2 Å². The molecule has 0 aliphatic carbocycles. The summed E-state index contributed by atoms with van der Waals surface area (Å²) >= 11 is 0. The molecule has 4 N–H and O–H groups in total. The van der Waals surface area contributed by atoms with Crippen LogP contribution in [0.15, 0.2) is 113 Å². The lowest BCUT2D eigenvalue weighted by atomic mass is 9.94. The van der Waals surface area contributed by atoms with Gasteiger partial charge in [0.05, 0.1) is 22.5 Å². The number of aromatic nitrogens is 5. The Morgan fingerprint density at radius 3 is 2.36 bits per heavy atom. The fourth-order valence-corrected chi connectivity index (χ4v) is 6.62. The molecule has 1 aliphatic heterocycles. The maximum absolute atomic E-state index is 13.4. The second kappa shape index (κ2) is 15.0. The molecule has 13 heteroatoms. The quantitative estimate of drug-likeness (QED) is 0.184. The number of aromatic hydroxyl groups is 1. The van der Waals surface area contributed by atoms with Crippen molar-refractivity contribution >= 4 is 33.6 Å². The molecule has 3 aromatic carbocycles. The van der Waals surface area contributed by atoms with Gasteiger partial charge in [-0.3, -0.25) is 9.88 Å². The third-order valence-electron chi connectivity index (χ3n) is 9.37. The van der Waals surface area contributed by atoms with Crippen LogP contribution >= 0.6 is 0 Å². The highest BCUT2D eigenvalue weighted by Gasteiger charge is 2.27. The van der Waals surface area contributed by atoms with Gasteiger partial charge in [0.1, 0.15) is 35.4 Å². The largest absolute Gasteiger partial charge is 0.506 e. The number of benzene rings is 3. The van der Waals surface area contributed by atoms with E-state index in [1.807, 2.05) is 25.1 Å². The van der Waals surface area contributed by atoms with Crippen molar-refractivity contribution in [2.45, 2.75) is 19.5 Å². The molecule has 1 atom stereocenters. The van der Waals surface area contributed by atoms with Gasteiger partial charge in [0.2, 0.25) is 0 Å². The summed E-state index contributed by atoms with van der Waals surface area (Å²) < 4.78 is 7.84. The van der Waals surface area contributed by atoms with Gasteiger partial charge in [-0.2, -0.15) is 5.10 Å². The first kappa shape index (κ1) is 35.0. The number of hydrogen-bond acceptors (Lipinski definition) is 11. The summed E-state index contributed by atoms with van der Waals surface area (Å²) in [6, 6.07) is 25.2. The molecule has 1 unspecified atom stereocenters. The summed E-state index contributed by atoms with van der Waals surface area (Å²) in [5.41, 5.74) is 10.7. The van der Waals surface area contributed by atoms with Crippen LogP contribution in [-0.2, 0) is 6.54 Å². The van der Waals surface area contributed by atoms with Crippen molar-refractivity contribution in [1.29, 1.82) is 0 Å². The molecule has 53 heavy (non-hydrogen) atoms. The molecule has 0 bridgehead atoms. The molecule has 7 aromatic rings. The highest BCUT2D eigenvalue weighted by molar-refractivity contribution is 5.99. The number of anilines is 1. The highest BCUT2D eigenvalue weighted by Crippen LogP contribution is 2.39. The van der Waals surface area contributed by atoms with E-state index in [-0.39, 0.29) is 11.6 Å². The molecule has 268 valence electrons. The number of carboxylic acid groups (broad SMARTS) is 1. The molecule has 1 aliphatic rings. The fraction of sp³-hybridized carbons (Fsp3) is 0.200. The first-order valence-corrected chi connectivity index (χ1v) is 17.1. The first-order valence-electron chi connectivity index (χ1n) is 17.1. The number of rotatable bonds is 7. The molecule has 0 saturated carbocycles. The molecule has 0 radical (unpaired) electrons. The smallest absolute Gasteiger partial charge is 0.343 e. The zero-order chi connectivity index (χ0) is 37.1. The third kappa shape index (κ3) is 7.34. The van der Waals surface area contributed by atoms with Crippen LogP contribution in [0.4, 0.5) is 5.82 Å². The third-order valence-corrected chi connectivity index (χ3v) is 9.37. The Labute approximate surface area is 304 Å². The van der Waals surface area contributed by atoms with Crippen molar-refractivity contribution in [1.82, 2.24) is 34.5 Å². The van der Waals surface area contributed by atoms with Gasteiger partial charge in [-0.05, 0) is 55.4 Å². The number of carbonyl (C=O) groups is 1. The van der Waals surface area contributed by atoms with Crippen LogP contribution in [-0.4, -0.2) is 83.9 Å². The van der Waals surface area contributed by atoms with Crippen LogP contribution in [0, 0.1) is 0 Å². The molecule has 0 spiro atoms. The molecular formula is C40H38N8O5. The number of carboxylic acids is 1. The highest BCUT2D eigenvalue weighted by atomic mass is 16.4. The first-order chi connectivity index (χ1) is 25.7. The molecule has 13 nitrogen and oxygen atoms in total. The number of nitrogen functional groups attached to an aromatic ring is 1. The topological polar surface area (TPSA) is 177 Å². The van der Waals surface area contributed by atoms with E-state index >= 15 is 0 Å². The minimum atomic E-state index is -0.879. The number of fused-ring (bicyclic) bond motifs is 2. The summed E-state index contributed by atoms with van der Waals surface area (Å²) in [5, 5.41) is 25.2. The van der Waals surface area contributed by atoms with Crippen LogP contribution in [0.3, 0.4) is 0 Å². The Morgan fingerprint density at radius 2 is 1.64 bits per heavy atom. The minimum Gasteiger partial charge on any atom is -0.506 e. The van der Waals surface area contributed by atoms with Crippen LogP contribution in [0.25, 0.3) is 44.2 Å². The van der Waals surface area contributed by atoms with Crippen molar-refractivity contribution in [3.8, 4) is 28.1 Å². The summed E-state index contributed by atoms with van der Waals surface area (Å²) in [7, 11) is 2.15. The zero-order valence-corrected chi connectivity index (χ0v) is 29.3. The van der Waals surface area contributed by atoms with Gasteiger partial charge in [-0.15, -0.1) is 0 Å². The molecule has 1 saturated heterocycles. The molecule has 5 heterocycles. The lowest BCUT2D eigenvalue weighted by Gasteiger charge is -2.32. The van der Waals surface area contributed by atoms with Crippen LogP contribution in [0.2, 0.25) is 0 Å². The number of aromatic carboxylic acids is 1. The molecule has 8 rings (SSSR count). The van der Waals surface area contributed by atoms with Crippen molar-refractivity contribution in [3.05, 3.63) is 131 Å². The monoisotopic (exact) mass is 710 g/mol. The van der Waals surface area contributed by atoms with E-state index in [1.165, 1.54) is 18.1 Å². The summed E-state index contributed by atoms with van der Waals surface area (Å²) in [6.07, 6.45) is 4.32. The Bertz CT molecular complexity index is 2470. The number of hydrogen-bond donors (Lipinski definition) is 3. The summed E-state index contributed by atoms with van der Waals surface area (Å²) in [4.78, 5) is 41.2. The van der Waals surface area contributed by atoms with E-state index in [0.29, 0.717) is 39.0 Å². The van der Waals surface area contributed by atoms with Crippen molar-refractivity contribution < 1.29 is 19.4 Å². The van der Waals surface area contributed by atoms with Crippen LogP contribution in [0.5, 0.6) is 5.75 Å². The van der Waals surface area contributed by atoms with Gasteiger partial charge >= 0.3 is 11.6 Å². The van der Waals surface area contributed by atoms with Crippen LogP contribution < -0.4 is 11.4 Å². The van der Waals surface area contributed by atoms with Gasteiger partial charge in [0.25, 0.3) is 0 Å². The van der Waals surface area contributed by atoms with Crippen molar-refractivity contribution in [2.75, 3.05) is 39.0 Å². The number of likely N-dealkylation sites (N-methyl/N-ethyl adjacent to an activating group) is 1. The van der Waals surface area contributed by atoms with E-state index < -0.39 is 17.6 Å². The van der Waals surface area contributed by atoms with Gasteiger partial charge in [-0.25, -0.2) is 24.2 Å². The Morgan fingerprint density at radius 1 is 0.906 bits per heavy atom. The molecule has 4 aromatic heterocycles. The van der Waals surface area contributed by atoms with Crippen molar-refractivity contribution in [3.63, 3.8) is 0 Å². The average Bonchev–Trinajstić information content (AvgIpc) is 3.57. The minimum absolute atomic E-state index is 0.00654. The van der Waals surface area contributed by atoms with E-state index in [9.17, 15) is 14.7 Å². The predicted molar refractivity (Wildman–Crippen MR) is 203 cm³/mol. The number of pyridine rings is 1. The molecule has 0 amide bonds. The lowest BCUT2D eigenvalue weighted by molar-refractivity contribution is 0.0697. The maximum atomic E-state index is 13.4. The van der Waals surface area contributed by atoms with Crippen molar-refractivity contribution in [2.24, 2.45) is 0 Å². The second-order valence-corrected chi connectivity index (χ2v) is 13.0. The Balaban J connectivity index is 0.000000425. The van der Waals surface area contributed by atoms with Crippen LogP contribution in [0.1, 0.15) is 34.6 Å².